The molecule has 0 aliphatic carbocycles. The molecule has 9 heteroatoms. The standard InChI is InChI=1S/C25H23N5O3S/c31-23(27-16-17-6-9-22(26-15-17)29-10-12-33-13-11-29)18-7-8-20-21(14-18)28-25(34)30(24(20)32)19-4-2-1-3-5-19/h1-9,14-15H,10-13,16H2,(H,27,31)(H,28,34). The number of ether oxygens (including phenoxy) is 1. The zero-order valence-corrected chi connectivity index (χ0v) is 19.2. The van der Waals surface area contributed by atoms with Gasteiger partial charge in [0.2, 0.25) is 0 Å². The third kappa shape index (κ3) is 4.48. The Balaban J connectivity index is 1.32. The van der Waals surface area contributed by atoms with Crippen molar-refractivity contribution < 1.29 is 9.53 Å². The Morgan fingerprint density at radius 3 is 2.62 bits per heavy atom. The van der Waals surface area contributed by atoms with Crippen molar-refractivity contribution >= 4 is 34.8 Å². The van der Waals surface area contributed by atoms with Crippen LogP contribution in [0.15, 0.2) is 71.7 Å². The largest absolute Gasteiger partial charge is 0.378 e. The number of aromatic nitrogens is 3. The molecular weight excluding hydrogens is 450 g/mol. The molecule has 2 aromatic carbocycles. The number of carbonyl (C=O) groups is 1. The number of benzene rings is 2. The Kier molecular flexibility index (Phi) is 6.20. The number of hydrogen-bond acceptors (Lipinski definition) is 6. The minimum Gasteiger partial charge on any atom is -0.378 e. The van der Waals surface area contributed by atoms with Gasteiger partial charge in [0, 0.05) is 31.4 Å². The topological polar surface area (TPSA) is 92.2 Å². The molecule has 2 N–H and O–H groups in total. The minimum absolute atomic E-state index is 0.233. The summed E-state index contributed by atoms with van der Waals surface area (Å²) in [7, 11) is 0. The van der Waals surface area contributed by atoms with Crippen LogP contribution in [-0.2, 0) is 11.3 Å². The molecule has 1 saturated heterocycles. The van der Waals surface area contributed by atoms with Crippen LogP contribution in [0.5, 0.6) is 0 Å². The van der Waals surface area contributed by atoms with Crippen molar-refractivity contribution in [3.8, 4) is 5.69 Å². The predicted octanol–water partition coefficient (Wildman–Crippen LogP) is 3.21. The smallest absolute Gasteiger partial charge is 0.266 e. The summed E-state index contributed by atoms with van der Waals surface area (Å²) < 4.78 is 7.09. The highest BCUT2D eigenvalue weighted by molar-refractivity contribution is 7.71. The van der Waals surface area contributed by atoms with Crippen LogP contribution in [0.4, 0.5) is 5.82 Å². The van der Waals surface area contributed by atoms with Crippen LogP contribution in [0.25, 0.3) is 16.6 Å². The van der Waals surface area contributed by atoms with Crippen LogP contribution < -0.4 is 15.8 Å². The second-order valence-electron chi connectivity index (χ2n) is 7.97. The number of aromatic amines is 1. The lowest BCUT2D eigenvalue weighted by Gasteiger charge is -2.27. The van der Waals surface area contributed by atoms with Gasteiger partial charge in [-0.1, -0.05) is 24.3 Å². The predicted molar refractivity (Wildman–Crippen MR) is 133 cm³/mol. The fraction of sp³-hybridized carbons (Fsp3) is 0.200. The number of hydrogen-bond donors (Lipinski definition) is 2. The van der Waals surface area contributed by atoms with Crippen molar-refractivity contribution in [2.75, 3.05) is 31.2 Å². The number of fused-ring (bicyclic) bond motifs is 1. The number of nitrogens with one attached hydrogen (secondary N) is 2. The van der Waals surface area contributed by atoms with Crippen LogP contribution in [0, 0.1) is 4.77 Å². The summed E-state index contributed by atoms with van der Waals surface area (Å²) in [5.41, 5.74) is 2.31. The minimum atomic E-state index is -0.245. The molecule has 0 unspecified atom stereocenters. The highest BCUT2D eigenvalue weighted by Crippen LogP contribution is 2.15. The van der Waals surface area contributed by atoms with Crippen LogP contribution in [0.3, 0.4) is 0 Å². The lowest BCUT2D eigenvalue weighted by Crippen LogP contribution is -2.36. The zero-order valence-electron chi connectivity index (χ0n) is 18.4. The number of rotatable bonds is 5. The number of morpholine rings is 1. The molecule has 5 rings (SSSR count). The van der Waals surface area contributed by atoms with Crippen LogP contribution in [0.2, 0.25) is 0 Å². The van der Waals surface area contributed by atoms with Gasteiger partial charge in [0.15, 0.2) is 4.77 Å². The van der Waals surface area contributed by atoms with E-state index in [1.54, 1.807) is 24.4 Å². The molecule has 172 valence electrons. The summed E-state index contributed by atoms with van der Waals surface area (Å²) in [6.45, 7) is 3.40. The fourth-order valence-electron chi connectivity index (χ4n) is 3.96. The normalized spacial score (nSPS) is 13.7. The summed E-state index contributed by atoms with van der Waals surface area (Å²) in [6, 6.07) is 18.1. The monoisotopic (exact) mass is 473 g/mol. The molecule has 1 aliphatic rings. The van der Waals surface area contributed by atoms with Crippen molar-refractivity contribution in [3.63, 3.8) is 0 Å². The first-order valence-electron chi connectivity index (χ1n) is 11.0. The van der Waals surface area contributed by atoms with Crippen LogP contribution in [0.1, 0.15) is 15.9 Å². The number of pyridine rings is 1. The molecule has 3 heterocycles. The van der Waals surface area contributed by atoms with E-state index in [9.17, 15) is 9.59 Å². The van der Waals surface area contributed by atoms with Crippen molar-refractivity contribution in [2.24, 2.45) is 0 Å². The van der Waals surface area contributed by atoms with E-state index in [1.807, 2.05) is 42.5 Å². The van der Waals surface area contributed by atoms with Crippen molar-refractivity contribution in [3.05, 3.63) is 93.1 Å². The van der Waals surface area contributed by atoms with Gasteiger partial charge >= 0.3 is 0 Å². The van der Waals surface area contributed by atoms with Gasteiger partial charge in [-0.25, -0.2) is 4.98 Å². The van der Waals surface area contributed by atoms with E-state index in [1.165, 1.54) is 4.57 Å². The number of amides is 1. The van der Waals surface area contributed by atoms with Crippen LogP contribution in [-0.4, -0.2) is 46.7 Å². The average Bonchev–Trinajstić information content (AvgIpc) is 2.88. The highest BCUT2D eigenvalue weighted by Gasteiger charge is 2.13. The number of nitrogens with zero attached hydrogens (tertiary/aromatic N) is 3. The Bertz CT molecular complexity index is 1440. The van der Waals surface area contributed by atoms with Gasteiger partial charge in [-0.2, -0.15) is 0 Å². The zero-order chi connectivity index (χ0) is 23.5. The SMILES string of the molecule is O=C(NCc1ccc(N2CCOCC2)nc1)c1ccc2c(=O)n(-c3ccccc3)c(=S)[nH]c2c1. The molecule has 34 heavy (non-hydrogen) atoms. The number of H-pyrrole nitrogens is 1. The van der Waals surface area contributed by atoms with Gasteiger partial charge in [0.05, 0.1) is 29.8 Å². The summed E-state index contributed by atoms with van der Waals surface area (Å²) in [5, 5.41) is 3.37. The maximum Gasteiger partial charge on any atom is 0.266 e. The average molecular weight is 474 g/mol. The first-order valence-corrected chi connectivity index (χ1v) is 11.4. The Hall–Kier alpha value is -3.82. The Labute approximate surface area is 200 Å². The Morgan fingerprint density at radius 1 is 1.09 bits per heavy atom. The molecule has 0 radical (unpaired) electrons. The lowest BCUT2D eigenvalue weighted by atomic mass is 10.1. The maximum absolute atomic E-state index is 13.0. The van der Waals surface area contributed by atoms with Gasteiger partial charge in [0.25, 0.3) is 11.5 Å². The van der Waals surface area contributed by atoms with E-state index in [0.717, 1.165) is 24.5 Å². The van der Waals surface area contributed by atoms with Crippen LogP contribution >= 0.6 is 12.2 Å². The highest BCUT2D eigenvalue weighted by atomic mass is 32.1. The molecule has 0 spiro atoms. The summed E-state index contributed by atoms with van der Waals surface area (Å²) in [4.78, 5) is 35.6. The van der Waals surface area contributed by atoms with Crippen molar-refractivity contribution in [2.45, 2.75) is 6.54 Å². The van der Waals surface area contributed by atoms with Gasteiger partial charge in [-0.3, -0.25) is 14.2 Å². The number of anilines is 1. The van der Waals surface area contributed by atoms with Gasteiger partial charge in [-0.15, -0.1) is 0 Å². The molecule has 1 fully saturated rings. The first kappa shape index (κ1) is 22.0. The second kappa shape index (κ2) is 9.58. The van der Waals surface area contributed by atoms with E-state index in [0.29, 0.717) is 41.9 Å². The molecule has 0 saturated carbocycles. The molecule has 1 amide bonds. The molecule has 8 nitrogen and oxygen atoms in total. The lowest BCUT2D eigenvalue weighted by molar-refractivity contribution is 0.0951. The number of carbonyl (C=O) groups excluding carboxylic acids is 1. The van der Waals surface area contributed by atoms with Gasteiger partial charge in [0.1, 0.15) is 5.82 Å². The van der Waals surface area contributed by atoms with E-state index < -0.39 is 0 Å². The molecule has 1 aliphatic heterocycles. The second-order valence-corrected chi connectivity index (χ2v) is 8.36. The molecule has 0 atom stereocenters. The summed E-state index contributed by atoms with van der Waals surface area (Å²) >= 11 is 5.42. The molecular formula is C25H23N5O3S. The fourth-order valence-corrected chi connectivity index (χ4v) is 4.25. The van der Waals surface area contributed by atoms with Crippen molar-refractivity contribution in [1.29, 1.82) is 0 Å². The molecule has 0 bridgehead atoms. The first-order chi connectivity index (χ1) is 16.6. The molecule has 2 aromatic heterocycles. The van der Waals surface area contributed by atoms with E-state index in [2.05, 4.69) is 20.2 Å². The van der Waals surface area contributed by atoms with E-state index in [-0.39, 0.29) is 16.2 Å². The van der Waals surface area contributed by atoms with Gasteiger partial charge < -0.3 is 19.9 Å². The maximum atomic E-state index is 13.0. The molecule has 4 aromatic rings. The van der Waals surface area contributed by atoms with E-state index in [4.69, 9.17) is 17.0 Å². The quantitative estimate of drug-likeness (QED) is 0.433. The summed E-state index contributed by atoms with van der Waals surface area (Å²) in [5.74, 6) is 0.662. The van der Waals surface area contributed by atoms with E-state index >= 15 is 0 Å². The van der Waals surface area contributed by atoms with Gasteiger partial charge in [-0.05, 0) is 54.2 Å². The third-order valence-electron chi connectivity index (χ3n) is 5.77. The third-order valence-corrected chi connectivity index (χ3v) is 6.06. The summed E-state index contributed by atoms with van der Waals surface area (Å²) in [6.07, 6.45) is 1.77. The Morgan fingerprint density at radius 2 is 1.88 bits per heavy atom. The number of para-hydroxylation sites is 1. The van der Waals surface area contributed by atoms with Crippen molar-refractivity contribution in [1.82, 2.24) is 19.9 Å².